The molecule has 6 nitrogen and oxygen atoms in total. The van der Waals surface area contributed by atoms with Crippen molar-refractivity contribution < 1.29 is 4.74 Å². The number of likely N-dealkylation sites (N-methyl/N-ethyl adjacent to an activating group) is 1. The standard InChI is InChI=1S/C17H23N5O/c1-3-23-15-7-5-4-6-13(15)14-12-16(20-17(18)19-14)22-10-8-21(2)9-11-22/h4-7,12H,3,8-11H2,1-2H3,(H2,18,19,20). The van der Waals surface area contributed by atoms with E-state index in [-0.39, 0.29) is 0 Å². The van der Waals surface area contributed by atoms with Gasteiger partial charge in [0.1, 0.15) is 11.6 Å². The van der Waals surface area contributed by atoms with Gasteiger partial charge in [0, 0.05) is 37.8 Å². The normalized spacial score (nSPS) is 15.7. The zero-order chi connectivity index (χ0) is 16.2. The maximum atomic E-state index is 5.95. The highest BCUT2D eigenvalue weighted by atomic mass is 16.5. The monoisotopic (exact) mass is 313 g/mol. The highest BCUT2D eigenvalue weighted by Gasteiger charge is 2.18. The molecular weight excluding hydrogens is 290 g/mol. The lowest BCUT2D eigenvalue weighted by molar-refractivity contribution is 0.312. The van der Waals surface area contributed by atoms with Gasteiger partial charge in [-0.05, 0) is 26.1 Å². The Balaban J connectivity index is 1.95. The molecule has 0 bridgehead atoms. The molecule has 0 amide bonds. The number of aromatic nitrogens is 2. The van der Waals surface area contributed by atoms with Gasteiger partial charge in [-0.3, -0.25) is 0 Å². The van der Waals surface area contributed by atoms with Gasteiger partial charge in [-0.15, -0.1) is 0 Å². The smallest absolute Gasteiger partial charge is 0.222 e. The van der Waals surface area contributed by atoms with Crippen molar-refractivity contribution in [2.75, 3.05) is 50.5 Å². The van der Waals surface area contributed by atoms with Crippen LogP contribution in [-0.4, -0.2) is 54.7 Å². The number of nitrogen functional groups attached to an aromatic ring is 1. The van der Waals surface area contributed by atoms with Crippen molar-refractivity contribution in [2.45, 2.75) is 6.92 Å². The van der Waals surface area contributed by atoms with E-state index in [1.54, 1.807) is 0 Å². The summed E-state index contributed by atoms with van der Waals surface area (Å²) >= 11 is 0. The summed E-state index contributed by atoms with van der Waals surface area (Å²) in [4.78, 5) is 13.4. The van der Waals surface area contributed by atoms with Crippen molar-refractivity contribution in [2.24, 2.45) is 0 Å². The first kappa shape index (κ1) is 15.6. The number of para-hydroxylation sites is 1. The molecule has 1 aliphatic rings. The quantitative estimate of drug-likeness (QED) is 0.929. The van der Waals surface area contributed by atoms with Gasteiger partial charge in [-0.1, -0.05) is 12.1 Å². The second-order valence-electron chi connectivity index (χ2n) is 5.69. The predicted molar refractivity (Wildman–Crippen MR) is 92.8 cm³/mol. The number of nitrogens with two attached hydrogens (primary N) is 1. The highest BCUT2D eigenvalue weighted by molar-refractivity contribution is 5.70. The Bertz CT molecular complexity index is 668. The molecule has 0 unspecified atom stereocenters. The maximum absolute atomic E-state index is 5.95. The van der Waals surface area contributed by atoms with Crippen molar-refractivity contribution in [3.05, 3.63) is 30.3 Å². The summed E-state index contributed by atoms with van der Waals surface area (Å²) in [6.45, 7) is 6.52. The van der Waals surface area contributed by atoms with Crippen molar-refractivity contribution in [1.82, 2.24) is 14.9 Å². The Morgan fingerprint density at radius 3 is 2.61 bits per heavy atom. The van der Waals surface area contributed by atoms with Crippen LogP contribution in [0.2, 0.25) is 0 Å². The van der Waals surface area contributed by atoms with Gasteiger partial charge < -0.3 is 20.3 Å². The van der Waals surface area contributed by atoms with E-state index >= 15 is 0 Å². The summed E-state index contributed by atoms with van der Waals surface area (Å²) in [5.41, 5.74) is 7.70. The fraction of sp³-hybridized carbons (Fsp3) is 0.412. The third-order valence-corrected chi connectivity index (χ3v) is 4.02. The van der Waals surface area contributed by atoms with Gasteiger partial charge in [0.15, 0.2) is 0 Å². The van der Waals surface area contributed by atoms with Crippen molar-refractivity contribution in [3.8, 4) is 17.0 Å². The number of benzene rings is 1. The van der Waals surface area contributed by atoms with Gasteiger partial charge in [0.05, 0.1) is 12.3 Å². The molecule has 0 saturated carbocycles. The summed E-state index contributed by atoms with van der Waals surface area (Å²) in [6, 6.07) is 9.89. The number of ether oxygens (including phenoxy) is 1. The molecule has 1 fully saturated rings. The van der Waals surface area contributed by atoms with Gasteiger partial charge >= 0.3 is 0 Å². The van der Waals surface area contributed by atoms with E-state index < -0.39 is 0 Å². The van der Waals surface area contributed by atoms with Crippen molar-refractivity contribution >= 4 is 11.8 Å². The van der Waals surface area contributed by atoms with Gasteiger partial charge in [0.25, 0.3) is 0 Å². The van der Waals surface area contributed by atoms with E-state index in [1.807, 2.05) is 37.3 Å². The van der Waals surface area contributed by atoms with Gasteiger partial charge in [-0.25, -0.2) is 4.98 Å². The van der Waals surface area contributed by atoms with Crippen LogP contribution in [0, 0.1) is 0 Å². The van der Waals surface area contributed by atoms with Crippen LogP contribution in [-0.2, 0) is 0 Å². The maximum Gasteiger partial charge on any atom is 0.222 e. The van der Waals surface area contributed by atoms with Crippen LogP contribution in [0.15, 0.2) is 30.3 Å². The van der Waals surface area contributed by atoms with Crippen LogP contribution in [0.4, 0.5) is 11.8 Å². The first-order valence-corrected chi connectivity index (χ1v) is 7.97. The third kappa shape index (κ3) is 3.53. The molecule has 1 aromatic carbocycles. The van der Waals surface area contributed by atoms with E-state index in [9.17, 15) is 0 Å². The fourth-order valence-electron chi connectivity index (χ4n) is 2.75. The predicted octanol–water partition coefficient (Wildman–Crippen LogP) is 1.88. The molecule has 1 saturated heterocycles. The van der Waals surface area contributed by atoms with Crippen molar-refractivity contribution in [1.29, 1.82) is 0 Å². The second kappa shape index (κ2) is 6.83. The minimum absolute atomic E-state index is 0.294. The molecule has 0 radical (unpaired) electrons. The molecule has 2 N–H and O–H groups in total. The minimum atomic E-state index is 0.294. The molecule has 122 valence electrons. The first-order valence-electron chi connectivity index (χ1n) is 7.97. The third-order valence-electron chi connectivity index (χ3n) is 4.02. The Hall–Kier alpha value is -2.34. The molecule has 2 aromatic rings. The molecule has 1 aromatic heterocycles. The molecule has 0 spiro atoms. The summed E-state index contributed by atoms with van der Waals surface area (Å²) in [5.74, 6) is 1.99. The van der Waals surface area contributed by atoms with Gasteiger partial charge in [-0.2, -0.15) is 4.98 Å². The molecule has 0 aliphatic carbocycles. The molecule has 6 heteroatoms. The Morgan fingerprint density at radius 2 is 1.87 bits per heavy atom. The number of rotatable bonds is 4. The molecule has 2 heterocycles. The van der Waals surface area contributed by atoms with E-state index in [1.165, 1.54) is 0 Å². The number of nitrogens with zero attached hydrogens (tertiary/aromatic N) is 4. The fourth-order valence-corrected chi connectivity index (χ4v) is 2.75. The minimum Gasteiger partial charge on any atom is -0.493 e. The van der Waals surface area contributed by atoms with Crippen LogP contribution < -0.4 is 15.4 Å². The zero-order valence-electron chi connectivity index (χ0n) is 13.7. The first-order chi connectivity index (χ1) is 11.2. The lowest BCUT2D eigenvalue weighted by atomic mass is 10.1. The van der Waals surface area contributed by atoms with E-state index in [0.717, 1.165) is 49.0 Å². The van der Waals surface area contributed by atoms with Crippen molar-refractivity contribution in [3.63, 3.8) is 0 Å². The average molecular weight is 313 g/mol. The number of anilines is 2. The second-order valence-corrected chi connectivity index (χ2v) is 5.69. The molecular formula is C17H23N5O. The summed E-state index contributed by atoms with van der Waals surface area (Å²) in [7, 11) is 2.13. The Labute approximate surface area is 136 Å². The zero-order valence-corrected chi connectivity index (χ0v) is 13.7. The summed E-state index contributed by atoms with van der Waals surface area (Å²) < 4.78 is 5.71. The summed E-state index contributed by atoms with van der Waals surface area (Å²) in [6.07, 6.45) is 0. The van der Waals surface area contributed by atoms with E-state index in [0.29, 0.717) is 12.6 Å². The van der Waals surface area contributed by atoms with Crippen LogP contribution in [0.1, 0.15) is 6.92 Å². The SMILES string of the molecule is CCOc1ccccc1-c1cc(N2CCN(C)CC2)nc(N)n1. The van der Waals surface area contributed by atoms with Crippen LogP contribution in [0.25, 0.3) is 11.3 Å². The molecule has 23 heavy (non-hydrogen) atoms. The van der Waals surface area contributed by atoms with Gasteiger partial charge in [0.2, 0.25) is 5.95 Å². The number of piperazine rings is 1. The molecule has 1 aliphatic heterocycles. The lowest BCUT2D eigenvalue weighted by Crippen LogP contribution is -2.44. The topological polar surface area (TPSA) is 67.5 Å². The summed E-state index contributed by atoms with van der Waals surface area (Å²) in [5, 5.41) is 0. The Morgan fingerprint density at radius 1 is 1.13 bits per heavy atom. The van der Waals surface area contributed by atoms with E-state index in [4.69, 9.17) is 10.5 Å². The van der Waals surface area contributed by atoms with Crippen LogP contribution >= 0.6 is 0 Å². The average Bonchev–Trinajstić information content (AvgIpc) is 2.56. The highest BCUT2D eigenvalue weighted by Crippen LogP contribution is 2.31. The lowest BCUT2D eigenvalue weighted by Gasteiger charge is -2.33. The largest absolute Gasteiger partial charge is 0.493 e. The number of hydrogen-bond donors (Lipinski definition) is 1. The molecule has 3 rings (SSSR count). The van der Waals surface area contributed by atoms with Crippen LogP contribution in [0.5, 0.6) is 5.75 Å². The Kier molecular flexibility index (Phi) is 4.62. The number of hydrogen-bond acceptors (Lipinski definition) is 6. The van der Waals surface area contributed by atoms with E-state index in [2.05, 4.69) is 26.8 Å². The molecule has 0 atom stereocenters. The van der Waals surface area contributed by atoms with Crippen LogP contribution in [0.3, 0.4) is 0 Å².